The van der Waals surface area contributed by atoms with E-state index < -0.39 is 0 Å². The van der Waals surface area contributed by atoms with Crippen molar-refractivity contribution >= 4 is 11.0 Å². The molecule has 0 aliphatic heterocycles. The van der Waals surface area contributed by atoms with Gasteiger partial charge in [-0.2, -0.15) is 0 Å². The third-order valence-corrected chi connectivity index (χ3v) is 3.05. The van der Waals surface area contributed by atoms with Gasteiger partial charge < -0.3 is 10.7 Å². The highest BCUT2D eigenvalue weighted by Gasteiger charge is 2.14. The molecule has 0 radical (unpaired) electrons. The molecule has 3 rings (SSSR count). The number of fused-ring (bicyclic) bond motifs is 1. The monoisotopic (exact) mass is 253 g/mol. The molecule has 0 saturated heterocycles. The predicted molar refractivity (Wildman–Crippen MR) is 74.6 cm³/mol. The van der Waals surface area contributed by atoms with Gasteiger partial charge in [0.05, 0.1) is 5.69 Å². The van der Waals surface area contributed by atoms with Crippen molar-refractivity contribution in [2.24, 2.45) is 5.73 Å². The van der Waals surface area contributed by atoms with E-state index in [-0.39, 0.29) is 0 Å². The molecule has 0 amide bonds. The predicted octanol–water partition coefficient (Wildman–Crippen LogP) is 1.83. The summed E-state index contributed by atoms with van der Waals surface area (Å²) in [5.41, 5.74) is 9.37. The second-order valence-electron chi connectivity index (χ2n) is 4.41. The Labute approximate surface area is 110 Å². The highest BCUT2D eigenvalue weighted by atomic mass is 15.0. The Balaban J connectivity index is 2.30. The largest absolute Gasteiger partial charge is 0.346 e. The van der Waals surface area contributed by atoms with Gasteiger partial charge in [-0.15, -0.1) is 0 Å². The summed E-state index contributed by atoms with van der Waals surface area (Å²) in [5.74, 6) is 0.731. The number of aryl methyl sites for hydroxylation is 1. The first-order valence-corrected chi connectivity index (χ1v) is 6.25. The molecule has 96 valence electrons. The van der Waals surface area contributed by atoms with Crippen molar-refractivity contribution in [3.63, 3.8) is 0 Å². The molecule has 0 aliphatic carbocycles. The van der Waals surface area contributed by atoms with E-state index in [9.17, 15) is 0 Å². The normalized spacial score (nSPS) is 11.1. The summed E-state index contributed by atoms with van der Waals surface area (Å²) in [6.07, 6.45) is 4.53. The van der Waals surface area contributed by atoms with E-state index in [1.54, 1.807) is 6.20 Å². The summed E-state index contributed by atoms with van der Waals surface area (Å²) in [5, 5.41) is 1.02. The molecule has 0 bridgehead atoms. The number of rotatable bonds is 3. The first-order chi connectivity index (χ1) is 9.29. The highest BCUT2D eigenvalue weighted by Crippen LogP contribution is 2.27. The SMILES string of the molecule is Cc1nc(-c2ccccn2)c2c(CCN)c[nH]c2n1. The molecular formula is C14H15N5. The Morgan fingerprint density at radius 3 is 2.89 bits per heavy atom. The van der Waals surface area contributed by atoms with Crippen LogP contribution < -0.4 is 5.73 Å². The van der Waals surface area contributed by atoms with Gasteiger partial charge in [-0.05, 0) is 37.6 Å². The van der Waals surface area contributed by atoms with Crippen molar-refractivity contribution in [1.82, 2.24) is 19.9 Å². The summed E-state index contributed by atoms with van der Waals surface area (Å²) in [6.45, 7) is 2.48. The van der Waals surface area contributed by atoms with Crippen LogP contribution in [0.15, 0.2) is 30.6 Å². The van der Waals surface area contributed by atoms with E-state index in [2.05, 4.69) is 19.9 Å². The Morgan fingerprint density at radius 1 is 1.26 bits per heavy atom. The lowest BCUT2D eigenvalue weighted by Gasteiger charge is -2.05. The van der Waals surface area contributed by atoms with E-state index in [0.29, 0.717) is 6.54 Å². The minimum atomic E-state index is 0.600. The molecular weight excluding hydrogens is 238 g/mol. The maximum Gasteiger partial charge on any atom is 0.141 e. The maximum absolute atomic E-state index is 5.66. The molecule has 0 aromatic carbocycles. The molecule has 5 nitrogen and oxygen atoms in total. The first kappa shape index (κ1) is 11.8. The number of H-pyrrole nitrogens is 1. The van der Waals surface area contributed by atoms with Crippen LogP contribution in [0.2, 0.25) is 0 Å². The van der Waals surface area contributed by atoms with Gasteiger partial charge in [0.1, 0.15) is 17.2 Å². The fraction of sp³-hybridized carbons (Fsp3) is 0.214. The van der Waals surface area contributed by atoms with Gasteiger partial charge in [-0.25, -0.2) is 9.97 Å². The van der Waals surface area contributed by atoms with Crippen molar-refractivity contribution in [3.05, 3.63) is 42.0 Å². The molecule has 3 heterocycles. The number of hydrogen-bond donors (Lipinski definition) is 2. The summed E-state index contributed by atoms with van der Waals surface area (Å²) < 4.78 is 0. The second kappa shape index (κ2) is 4.78. The molecule has 19 heavy (non-hydrogen) atoms. The van der Waals surface area contributed by atoms with Crippen molar-refractivity contribution in [1.29, 1.82) is 0 Å². The fourth-order valence-corrected chi connectivity index (χ4v) is 2.25. The van der Waals surface area contributed by atoms with Crippen molar-refractivity contribution in [2.75, 3.05) is 6.54 Å². The van der Waals surface area contributed by atoms with Crippen LogP contribution in [-0.2, 0) is 6.42 Å². The molecule has 3 aromatic heterocycles. The fourth-order valence-electron chi connectivity index (χ4n) is 2.25. The van der Waals surface area contributed by atoms with Crippen molar-refractivity contribution in [2.45, 2.75) is 13.3 Å². The van der Waals surface area contributed by atoms with E-state index in [4.69, 9.17) is 5.73 Å². The maximum atomic E-state index is 5.66. The molecule has 3 N–H and O–H groups in total. The average molecular weight is 253 g/mol. The van der Waals surface area contributed by atoms with Gasteiger partial charge in [-0.3, -0.25) is 4.98 Å². The minimum Gasteiger partial charge on any atom is -0.346 e. The Hall–Kier alpha value is -2.27. The van der Waals surface area contributed by atoms with Crippen LogP contribution in [0.25, 0.3) is 22.4 Å². The molecule has 0 atom stereocenters. The smallest absolute Gasteiger partial charge is 0.141 e. The van der Waals surface area contributed by atoms with Crippen LogP contribution in [-0.4, -0.2) is 26.5 Å². The zero-order valence-corrected chi connectivity index (χ0v) is 10.7. The summed E-state index contributed by atoms with van der Waals surface area (Å²) in [7, 11) is 0. The lowest BCUT2D eigenvalue weighted by atomic mass is 10.1. The Kier molecular flexibility index (Phi) is 2.97. The van der Waals surface area contributed by atoms with Crippen LogP contribution >= 0.6 is 0 Å². The summed E-state index contributed by atoms with van der Waals surface area (Å²) in [6, 6.07) is 5.81. The average Bonchev–Trinajstić information content (AvgIpc) is 2.82. The van der Waals surface area contributed by atoms with Crippen LogP contribution in [0.3, 0.4) is 0 Å². The zero-order chi connectivity index (χ0) is 13.2. The molecule has 0 unspecified atom stereocenters. The van der Waals surface area contributed by atoms with Crippen LogP contribution in [0.4, 0.5) is 0 Å². The molecule has 5 heteroatoms. The third kappa shape index (κ3) is 2.08. The second-order valence-corrected chi connectivity index (χ2v) is 4.41. The van der Waals surface area contributed by atoms with Gasteiger partial charge in [0.15, 0.2) is 0 Å². The van der Waals surface area contributed by atoms with E-state index in [0.717, 1.165) is 40.2 Å². The number of hydrogen-bond acceptors (Lipinski definition) is 4. The van der Waals surface area contributed by atoms with E-state index in [1.165, 1.54) is 0 Å². The van der Waals surface area contributed by atoms with Gasteiger partial charge in [-0.1, -0.05) is 6.07 Å². The molecule has 3 aromatic rings. The molecule has 0 fully saturated rings. The number of pyridine rings is 1. The summed E-state index contributed by atoms with van der Waals surface area (Å²) >= 11 is 0. The molecule has 0 spiro atoms. The molecule has 0 saturated carbocycles. The Morgan fingerprint density at radius 2 is 2.16 bits per heavy atom. The number of aromatic amines is 1. The van der Waals surface area contributed by atoms with Crippen LogP contribution in [0.5, 0.6) is 0 Å². The van der Waals surface area contributed by atoms with Crippen molar-refractivity contribution < 1.29 is 0 Å². The number of nitrogens with two attached hydrogens (primary N) is 1. The standard InChI is InChI=1S/C14H15N5/c1-9-18-13(11-4-2-3-7-16-11)12-10(5-6-15)8-17-14(12)19-9/h2-4,7-8H,5-6,15H2,1H3,(H,17,18,19). The number of aromatic nitrogens is 4. The topological polar surface area (TPSA) is 80.5 Å². The van der Waals surface area contributed by atoms with Crippen LogP contribution in [0.1, 0.15) is 11.4 Å². The van der Waals surface area contributed by atoms with Gasteiger partial charge in [0, 0.05) is 17.8 Å². The number of nitrogens with zero attached hydrogens (tertiary/aromatic N) is 3. The van der Waals surface area contributed by atoms with Crippen LogP contribution in [0, 0.1) is 6.92 Å². The first-order valence-electron chi connectivity index (χ1n) is 6.25. The lowest BCUT2D eigenvalue weighted by Crippen LogP contribution is -2.03. The van der Waals surface area contributed by atoms with Crippen molar-refractivity contribution in [3.8, 4) is 11.4 Å². The third-order valence-electron chi connectivity index (χ3n) is 3.05. The van der Waals surface area contributed by atoms with E-state index >= 15 is 0 Å². The quantitative estimate of drug-likeness (QED) is 0.746. The molecule has 0 aliphatic rings. The van der Waals surface area contributed by atoms with Gasteiger partial charge >= 0.3 is 0 Å². The zero-order valence-electron chi connectivity index (χ0n) is 10.7. The summed E-state index contributed by atoms with van der Waals surface area (Å²) in [4.78, 5) is 16.6. The Bertz CT molecular complexity index is 702. The van der Waals surface area contributed by atoms with Gasteiger partial charge in [0.25, 0.3) is 0 Å². The van der Waals surface area contributed by atoms with Gasteiger partial charge in [0.2, 0.25) is 0 Å². The minimum absolute atomic E-state index is 0.600. The van der Waals surface area contributed by atoms with E-state index in [1.807, 2.05) is 31.3 Å². The number of nitrogens with one attached hydrogen (secondary N) is 1. The lowest BCUT2D eigenvalue weighted by molar-refractivity contribution is 0.975. The highest BCUT2D eigenvalue weighted by molar-refractivity contribution is 5.92.